The van der Waals surface area contributed by atoms with Crippen molar-refractivity contribution in [2.45, 2.75) is 32.4 Å². The first kappa shape index (κ1) is 12.6. The van der Waals surface area contributed by atoms with E-state index >= 15 is 0 Å². The fourth-order valence-corrected chi connectivity index (χ4v) is 1.23. The number of esters is 1. The molecular formula is C8H17NO3S. The molecule has 0 aliphatic rings. The van der Waals surface area contributed by atoms with Crippen molar-refractivity contribution >= 4 is 17.0 Å². The maximum Gasteiger partial charge on any atom is 0.320 e. The molecule has 0 aromatic rings. The molecule has 4 nitrogen and oxygen atoms in total. The Bertz CT molecular complexity index is 198. The van der Waals surface area contributed by atoms with Crippen LogP contribution in [0.2, 0.25) is 0 Å². The zero-order valence-electron chi connectivity index (χ0n) is 8.55. The molecular weight excluding hydrogens is 190 g/mol. The summed E-state index contributed by atoms with van der Waals surface area (Å²) in [5.74, 6) is -0.375. The van der Waals surface area contributed by atoms with Gasteiger partial charge < -0.3 is 4.74 Å². The summed E-state index contributed by atoms with van der Waals surface area (Å²) in [5.41, 5.74) is 0. The standard InChI is InChI=1S/C8H17NO3S/c1-5-12-7(10)6-9-13(11)8(2,3)4/h9H,5-6H2,1-4H3/t13-/m1/s1. The summed E-state index contributed by atoms with van der Waals surface area (Å²) in [6, 6.07) is 0. The highest BCUT2D eigenvalue weighted by atomic mass is 32.2. The lowest BCUT2D eigenvalue weighted by Gasteiger charge is -2.17. The van der Waals surface area contributed by atoms with Crippen molar-refractivity contribution in [3.8, 4) is 0 Å². The Hall–Kier alpha value is -0.420. The van der Waals surface area contributed by atoms with E-state index in [1.807, 2.05) is 20.8 Å². The smallest absolute Gasteiger partial charge is 0.320 e. The molecule has 0 rings (SSSR count). The van der Waals surface area contributed by atoms with E-state index in [9.17, 15) is 9.00 Å². The van der Waals surface area contributed by atoms with Gasteiger partial charge in [0.05, 0.1) is 22.3 Å². The molecule has 0 bridgehead atoms. The lowest BCUT2D eigenvalue weighted by Crippen LogP contribution is -2.36. The molecule has 0 saturated heterocycles. The topological polar surface area (TPSA) is 55.4 Å². The van der Waals surface area contributed by atoms with Crippen LogP contribution >= 0.6 is 0 Å². The molecule has 78 valence electrons. The molecule has 0 aliphatic heterocycles. The predicted molar refractivity (Wildman–Crippen MR) is 52.5 cm³/mol. The first-order chi connectivity index (χ1) is 5.88. The molecule has 1 N–H and O–H groups in total. The van der Waals surface area contributed by atoms with E-state index in [1.54, 1.807) is 6.92 Å². The summed E-state index contributed by atoms with van der Waals surface area (Å²) in [5, 5.41) is 0. The SMILES string of the molecule is CCOC(=O)CN[S@](=O)C(C)(C)C. The van der Waals surface area contributed by atoms with Crippen LogP contribution in [-0.2, 0) is 20.5 Å². The first-order valence-corrected chi connectivity index (χ1v) is 5.34. The van der Waals surface area contributed by atoms with Crippen molar-refractivity contribution in [1.82, 2.24) is 4.72 Å². The van der Waals surface area contributed by atoms with Gasteiger partial charge in [0.15, 0.2) is 0 Å². The third kappa shape index (κ3) is 5.76. The maximum atomic E-state index is 11.4. The van der Waals surface area contributed by atoms with E-state index in [0.717, 1.165) is 0 Å². The van der Waals surface area contributed by atoms with Gasteiger partial charge in [-0.25, -0.2) is 8.93 Å². The average molecular weight is 207 g/mol. The number of ether oxygens (including phenoxy) is 1. The minimum atomic E-state index is -1.21. The van der Waals surface area contributed by atoms with E-state index in [0.29, 0.717) is 6.61 Å². The van der Waals surface area contributed by atoms with Gasteiger partial charge in [0.1, 0.15) is 6.54 Å². The van der Waals surface area contributed by atoms with Crippen LogP contribution in [0.5, 0.6) is 0 Å². The first-order valence-electron chi connectivity index (χ1n) is 4.19. The number of rotatable bonds is 4. The van der Waals surface area contributed by atoms with E-state index in [2.05, 4.69) is 9.46 Å². The molecule has 0 fully saturated rings. The fraction of sp³-hybridized carbons (Fsp3) is 0.875. The normalized spacial score (nSPS) is 13.8. The number of carbonyl (C=O) groups is 1. The quantitative estimate of drug-likeness (QED) is 0.687. The van der Waals surface area contributed by atoms with Crippen LogP contribution in [-0.4, -0.2) is 28.1 Å². The fourth-order valence-electron chi connectivity index (χ4n) is 0.553. The Morgan fingerprint density at radius 2 is 2.00 bits per heavy atom. The maximum absolute atomic E-state index is 11.4. The Balaban J connectivity index is 3.77. The molecule has 0 unspecified atom stereocenters. The van der Waals surface area contributed by atoms with Crippen molar-refractivity contribution in [1.29, 1.82) is 0 Å². The summed E-state index contributed by atoms with van der Waals surface area (Å²) in [7, 11) is -1.21. The highest BCUT2D eigenvalue weighted by molar-refractivity contribution is 7.84. The van der Waals surface area contributed by atoms with Gasteiger partial charge in [-0.3, -0.25) is 4.79 Å². The van der Waals surface area contributed by atoms with Crippen molar-refractivity contribution in [2.75, 3.05) is 13.2 Å². The second-order valence-corrected chi connectivity index (χ2v) is 5.56. The van der Waals surface area contributed by atoms with Gasteiger partial charge in [-0.05, 0) is 27.7 Å². The highest BCUT2D eigenvalue weighted by Crippen LogP contribution is 2.07. The third-order valence-corrected chi connectivity index (χ3v) is 2.73. The van der Waals surface area contributed by atoms with E-state index in [-0.39, 0.29) is 17.3 Å². The molecule has 5 heteroatoms. The van der Waals surface area contributed by atoms with Gasteiger partial charge in [0, 0.05) is 0 Å². The van der Waals surface area contributed by atoms with Gasteiger partial charge in [-0.15, -0.1) is 0 Å². The minimum Gasteiger partial charge on any atom is -0.465 e. The number of hydrogen-bond donors (Lipinski definition) is 1. The number of carbonyl (C=O) groups excluding carboxylic acids is 1. The Morgan fingerprint density at radius 1 is 1.46 bits per heavy atom. The Labute approximate surface area is 81.6 Å². The van der Waals surface area contributed by atoms with Crippen LogP contribution in [0.3, 0.4) is 0 Å². The molecule has 13 heavy (non-hydrogen) atoms. The molecule has 0 saturated carbocycles. The largest absolute Gasteiger partial charge is 0.465 e. The lowest BCUT2D eigenvalue weighted by atomic mass is 10.3. The molecule has 0 radical (unpaired) electrons. The zero-order chi connectivity index (χ0) is 10.5. The van der Waals surface area contributed by atoms with E-state index in [1.165, 1.54) is 0 Å². The minimum absolute atomic E-state index is 0.00226. The Morgan fingerprint density at radius 3 is 2.38 bits per heavy atom. The summed E-state index contributed by atoms with van der Waals surface area (Å²) >= 11 is 0. The molecule has 1 atom stereocenters. The zero-order valence-corrected chi connectivity index (χ0v) is 9.36. The van der Waals surface area contributed by atoms with Crippen LogP contribution in [0.15, 0.2) is 0 Å². The lowest BCUT2D eigenvalue weighted by molar-refractivity contribution is -0.141. The highest BCUT2D eigenvalue weighted by Gasteiger charge is 2.19. The van der Waals surface area contributed by atoms with Gasteiger partial charge in [-0.1, -0.05) is 0 Å². The van der Waals surface area contributed by atoms with E-state index < -0.39 is 11.0 Å². The monoisotopic (exact) mass is 207 g/mol. The molecule has 0 amide bonds. The van der Waals surface area contributed by atoms with Gasteiger partial charge in [0.2, 0.25) is 0 Å². The van der Waals surface area contributed by atoms with Crippen LogP contribution < -0.4 is 4.72 Å². The molecule has 0 heterocycles. The van der Waals surface area contributed by atoms with Crippen LogP contribution in [0.4, 0.5) is 0 Å². The summed E-state index contributed by atoms with van der Waals surface area (Å²) < 4.78 is 18.3. The van der Waals surface area contributed by atoms with Gasteiger partial charge in [-0.2, -0.15) is 0 Å². The third-order valence-electron chi connectivity index (χ3n) is 1.21. The summed E-state index contributed by atoms with van der Waals surface area (Å²) in [6.07, 6.45) is 0. The molecule has 0 aromatic carbocycles. The van der Waals surface area contributed by atoms with Crippen molar-refractivity contribution in [3.63, 3.8) is 0 Å². The van der Waals surface area contributed by atoms with Gasteiger partial charge in [0.25, 0.3) is 0 Å². The second kappa shape index (κ2) is 5.34. The van der Waals surface area contributed by atoms with E-state index in [4.69, 9.17) is 0 Å². The van der Waals surface area contributed by atoms with Gasteiger partial charge >= 0.3 is 5.97 Å². The molecule has 0 aromatic heterocycles. The van der Waals surface area contributed by atoms with Crippen LogP contribution in [0.1, 0.15) is 27.7 Å². The van der Waals surface area contributed by atoms with Crippen LogP contribution in [0, 0.1) is 0 Å². The summed E-state index contributed by atoms with van der Waals surface area (Å²) in [4.78, 5) is 10.9. The number of nitrogens with one attached hydrogen (secondary N) is 1. The molecule has 0 aliphatic carbocycles. The average Bonchev–Trinajstić information content (AvgIpc) is 1.99. The van der Waals surface area contributed by atoms with Crippen LogP contribution in [0.25, 0.3) is 0 Å². The summed E-state index contributed by atoms with van der Waals surface area (Å²) in [6.45, 7) is 7.59. The second-order valence-electron chi connectivity index (χ2n) is 3.51. The van der Waals surface area contributed by atoms with Crippen molar-refractivity contribution < 1.29 is 13.7 Å². The van der Waals surface area contributed by atoms with Crippen molar-refractivity contribution in [2.24, 2.45) is 0 Å². The predicted octanol–water partition coefficient (Wildman–Crippen LogP) is 0.601. The number of hydrogen-bond acceptors (Lipinski definition) is 3. The molecule has 0 spiro atoms. The Kier molecular flexibility index (Phi) is 5.17. The van der Waals surface area contributed by atoms with Crippen molar-refractivity contribution in [3.05, 3.63) is 0 Å².